The molecule has 0 saturated carbocycles. The van der Waals surface area contributed by atoms with Gasteiger partial charge in [0.05, 0.1) is 12.0 Å². The average molecular weight is 243 g/mol. The van der Waals surface area contributed by atoms with E-state index in [4.69, 9.17) is 0 Å². The van der Waals surface area contributed by atoms with Gasteiger partial charge >= 0.3 is 0 Å². The molecule has 0 aliphatic heterocycles. The minimum Gasteiger partial charge on any atom is -0.330 e. The van der Waals surface area contributed by atoms with E-state index in [2.05, 4.69) is 35.6 Å². The molecule has 1 heterocycles. The van der Waals surface area contributed by atoms with E-state index in [1.54, 1.807) is 6.26 Å². The summed E-state index contributed by atoms with van der Waals surface area (Å²) in [5.74, 6) is 0.672. The molecule has 0 radical (unpaired) electrons. The molecule has 5 heteroatoms. The third kappa shape index (κ3) is 4.06. The smallest absolute Gasteiger partial charge is 0.0951 e. The molecule has 0 fully saturated rings. The Morgan fingerprint density at radius 1 is 1.50 bits per heavy atom. The molecule has 2 atom stereocenters. The van der Waals surface area contributed by atoms with Gasteiger partial charge in [-0.25, -0.2) is 4.98 Å². The van der Waals surface area contributed by atoms with Crippen LogP contribution in [0.3, 0.4) is 0 Å². The first kappa shape index (κ1) is 13.4. The Bertz CT molecular complexity index is 349. The molecule has 1 aromatic heterocycles. The van der Waals surface area contributed by atoms with Gasteiger partial charge in [0.25, 0.3) is 0 Å². The third-order valence-corrected chi connectivity index (χ3v) is 3.34. The SMILES string of the molecule is CC(C)NCc1cncn1C(C)CS(C)=O. The zero-order valence-electron chi connectivity index (χ0n) is 10.4. The van der Waals surface area contributed by atoms with Crippen LogP contribution in [0, 0.1) is 0 Å². The van der Waals surface area contributed by atoms with Crippen LogP contribution in [0.2, 0.25) is 0 Å². The third-order valence-electron chi connectivity index (χ3n) is 2.39. The van der Waals surface area contributed by atoms with Crippen molar-refractivity contribution < 1.29 is 4.21 Å². The fraction of sp³-hybridized carbons (Fsp3) is 0.727. The molecule has 0 spiro atoms. The summed E-state index contributed by atoms with van der Waals surface area (Å²) in [6, 6.07) is 0.691. The van der Waals surface area contributed by atoms with Crippen LogP contribution in [0.5, 0.6) is 0 Å². The van der Waals surface area contributed by atoms with E-state index in [1.165, 1.54) is 0 Å². The lowest BCUT2D eigenvalue weighted by Crippen LogP contribution is -2.24. The highest BCUT2D eigenvalue weighted by atomic mass is 32.2. The molecule has 92 valence electrons. The lowest BCUT2D eigenvalue weighted by atomic mass is 10.3. The van der Waals surface area contributed by atoms with Crippen molar-refractivity contribution in [3.63, 3.8) is 0 Å². The first-order valence-electron chi connectivity index (χ1n) is 5.54. The van der Waals surface area contributed by atoms with E-state index in [9.17, 15) is 4.21 Å². The maximum Gasteiger partial charge on any atom is 0.0951 e. The molecule has 1 aromatic rings. The molecule has 2 unspecified atom stereocenters. The van der Waals surface area contributed by atoms with E-state index < -0.39 is 10.8 Å². The average Bonchev–Trinajstić information content (AvgIpc) is 2.61. The van der Waals surface area contributed by atoms with Crippen LogP contribution in [-0.4, -0.2) is 31.8 Å². The van der Waals surface area contributed by atoms with Gasteiger partial charge in [0, 0.05) is 47.6 Å². The van der Waals surface area contributed by atoms with Gasteiger partial charge in [-0.3, -0.25) is 4.21 Å². The van der Waals surface area contributed by atoms with Crippen molar-refractivity contribution >= 4 is 10.8 Å². The van der Waals surface area contributed by atoms with Gasteiger partial charge in [-0.05, 0) is 6.92 Å². The molecule has 0 amide bonds. The molecule has 4 nitrogen and oxygen atoms in total. The number of hydrogen-bond acceptors (Lipinski definition) is 3. The Labute approximate surface area is 99.9 Å². The van der Waals surface area contributed by atoms with Crippen LogP contribution >= 0.6 is 0 Å². The number of imidazole rings is 1. The molecule has 0 bridgehead atoms. The predicted molar refractivity (Wildman–Crippen MR) is 67.8 cm³/mol. The van der Waals surface area contributed by atoms with Crippen molar-refractivity contribution in [3.05, 3.63) is 18.2 Å². The fourth-order valence-electron chi connectivity index (χ4n) is 1.59. The van der Waals surface area contributed by atoms with Crippen molar-refractivity contribution in [2.45, 2.75) is 39.4 Å². The van der Waals surface area contributed by atoms with Crippen molar-refractivity contribution in [1.82, 2.24) is 14.9 Å². The summed E-state index contributed by atoms with van der Waals surface area (Å²) < 4.78 is 13.3. The first-order chi connectivity index (χ1) is 7.50. The van der Waals surface area contributed by atoms with Crippen LogP contribution in [0.4, 0.5) is 0 Å². The van der Waals surface area contributed by atoms with Crippen LogP contribution in [0.25, 0.3) is 0 Å². The number of nitrogens with zero attached hydrogens (tertiary/aromatic N) is 2. The van der Waals surface area contributed by atoms with Crippen molar-refractivity contribution in [2.24, 2.45) is 0 Å². The van der Waals surface area contributed by atoms with Gasteiger partial charge in [-0.2, -0.15) is 0 Å². The molecule has 0 aliphatic carbocycles. The minimum atomic E-state index is -0.770. The Morgan fingerprint density at radius 3 is 2.75 bits per heavy atom. The quantitative estimate of drug-likeness (QED) is 0.819. The molecule has 16 heavy (non-hydrogen) atoms. The summed E-state index contributed by atoms with van der Waals surface area (Å²) in [4.78, 5) is 4.15. The molecular formula is C11H21N3OS. The van der Waals surface area contributed by atoms with Gasteiger partial charge in [0.1, 0.15) is 0 Å². The number of rotatable bonds is 6. The first-order valence-corrected chi connectivity index (χ1v) is 7.27. The van der Waals surface area contributed by atoms with Gasteiger partial charge in [-0.1, -0.05) is 13.8 Å². The minimum absolute atomic E-state index is 0.234. The molecule has 0 saturated heterocycles. The number of aromatic nitrogens is 2. The van der Waals surface area contributed by atoms with E-state index in [0.29, 0.717) is 11.8 Å². The van der Waals surface area contributed by atoms with Crippen LogP contribution in [0.1, 0.15) is 32.5 Å². The Balaban J connectivity index is 2.65. The zero-order chi connectivity index (χ0) is 12.1. The van der Waals surface area contributed by atoms with Gasteiger partial charge in [0.2, 0.25) is 0 Å². The zero-order valence-corrected chi connectivity index (χ0v) is 11.3. The highest BCUT2D eigenvalue weighted by Gasteiger charge is 2.10. The van der Waals surface area contributed by atoms with E-state index in [-0.39, 0.29) is 6.04 Å². The van der Waals surface area contributed by atoms with Crippen molar-refractivity contribution in [3.8, 4) is 0 Å². The lowest BCUT2D eigenvalue weighted by Gasteiger charge is -2.16. The molecule has 1 rings (SSSR count). The Hall–Kier alpha value is -0.680. The molecule has 0 aromatic carbocycles. The van der Waals surface area contributed by atoms with Crippen LogP contribution < -0.4 is 5.32 Å². The standard InChI is InChI=1S/C11H21N3OS/c1-9(2)13-6-11-5-12-8-14(11)10(3)7-16(4)15/h5,8-10,13H,6-7H2,1-4H3. The predicted octanol–water partition coefficient (Wildman–Crippen LogP) is 1.32. The van der Waals surface area contributed by atoms with E-state index >= 15 is 0 Å². The highest BCUT2D eigenvalue weighted by Crippen LogP contribution is 2.11. The second-order valence-corrected chi connectivity index (χ2v) is 5.90. The van der Waals surface area contributed by atoms with Gasteiger partial charge in [-0.15, -0.1) is 0 Å². The Kier molecular flexibility index (Phi) is 5.15. The van der Waals surface area contributed by atoms with Crippen molar-refractivity contribution in [2.75, 3.05) is 12.0 Å². The molecule has 0 aliphatic rings. The lowest BCUT2D eigenvalue weighted by molar-refractivity contribution is 0.526. The maximum absolute atomic E-state index is 11.2. The normalized spacial score (nSPS) is 15.3. The summed E-state index contributed by atoms with van der Waals surface area (Å²) >= 11 is 0. The summed E-state index contributed by atoms with van der Waals surface area (Å²) in [5.41, 5.74) is 1.15. The maximum atomic E-state index is 11.2. The largest absolute Gasteiger partial charge is 0.330 e. The van der Waals surface area contributed by atoms with Crippen LogP contribution in [0.15, 0.2) is 12.5 Å². The highest BCUT2D eigenvalue weighted by molar-refractivity contribution is 7.84. The molecule has 1 N–H and O–H groups in total. The monoisotopic (exact) mass is 243 g/mol. The van der Waals surface area contributed by atoms with Gasteiger partial charge in [0.15, 0.2) is 0 Å². The summed E-state index contributed by atoms with van der Waals surface area (Å²) in [6.45, 7) is 7.11. The summed E-state index contributed by atoms with van der Waals surface area (Å²) in [5, 5.41) is 3.36. The Morgan fingerprint density at radius 2 is 2.19 bits per heavy atom. The summed E-state index contributed by atoms with van der Waals surface area (Å²) in [6.07, 6.45) is 5.42. The second kappa shape index (κ2) is 6.15. The fourth-order valence-corrected chi connectivity index (χ4v) is 2.43. The van der Waals surface area contributed by atoms with Crippen molar-refractivity contribution in [1.29, 1.82) is 0 Å². The summed E-state index contributed by atoms with van der Waals surface area (Å²) in [7, 11) is -0.770. The van der Waals surface area contributed by atoms with Crippen LogP contribution in [-0.2, 0) is 17.3 Å². The molecular weight excluding hydrogens is 222 g/mol. The topological polar surface area (TPSA) is 46.9 Å². The van der Waals surface area contributed by atoms with E-state index in [1.807, 2.05) is 12.5 Å². The number of hydrogen-bond donors (Lipinski definition) is 1. The van der Waals surface area contributed by atoms with Gasteiger partial charge < -0.3 is 9.88 Å². The number of nitrogens with one attached hydrogen (secondary N) is 1. The van der Waals surface area contributed by atoms with E-state index in [0.717, 1.165) is 12.2 Å². The second-order valence-electron chi connectivity index (χ2n) is 4.42.